The Balaban J connectivity index is 2.61. The molecule has 0 aliphatic heterocycles. The fourth-order valence-electron chi connectivity index (χ4n) is 1.88. The van der Waals surface area contributed by atoms with Crippen molar-refractivity contribution in [3.63, 3.8) is 0 Å². The van der Waals surface area contributed by atoms with Crippen molar-refractivity contribution in [1.29, 1.82) is 0 Å². The van der Waals surface area contributed by atoms with Gasteiger partial charge in [-0.15, -0.1) is 0 Å². The molecule has 2 aromatic rings. The summed E-state index contributed by atoms with van der Waals surface area (Å²) < 4.78 is 4.93. The van der Waals surface area contributed by atoms with Gasteiger partial charge in [-0.05, 0) is 19.1 Å². The van der Waals surface area contributed by atoms with Gasteiger partial charge in [0.1, 0.15) is 17.1 Å². The zero-order valence-corrected chi connectivity index (χ0v) is 10.5. The molecular weight excluding hydrogens is 244 g/mol. The van der Waals surface area contributed by atoms with Crippen LogP contribution in [0, 0.1) is 0 Å². The van der Waals surface area contributed by atoms with Crippen molar-refractivity contribution in [3.8, 4) is 22.6 Å². The topological polar surface area (TPSA) is 66.8 Å². The summed E-state index contributed by atoms with van der Waals surface area (Å²) in [5.41, 5.74) is 0.976. The Morgan fingerprint density at radius 2 is 1.63 bits per heavy atom. The first-order valence-corrected chi connectivity index (χ1v) is 5.92. The number of rotatable bonds is 3. The third-order valence-electron chi connectivity index (χ3n) is 2.72. The molecule has 0 spiro atoms. The van der Waals surface area contributed by atoms with Crippen molar-refractivity contribution in [3.05, 3.63) is 48.0 Å². The fourth-order valence-corrected chi connectivity index (χ4v) is 1.88. The van der Waals surface area contributed by atoms with Crippen LogP contribution < -0.4 is 0 Å². The van der Waals surface area contributed by atoms with E-state index in [1.807, 2.05) is 0 Å². The molecule has 0 radical (unpaired) electrons. The molecule has 98 valence electrons. The largest absolute Gasteiger partial charge is 0.507 e. The van der Waals surface area contributed by atoms with Gasteiger partial charge in [-0.25, -0.2) is 4.79 Å². The monoisotopic (exact) mass is 258 g/mol. The Kier molecular flexibility index (Phi) is 3.71. The molecule has 19 heavy (non-hydrogen) atoms. The quantitative estimate of drug-likeness (QED) is 0.831. The Morgan fingerprint density at radius 3 is 2.32 bits per heavy atom. The molecule has 4 nitrogen and oxygen atoms in total. The van der Waals surface area contributed by atoms with E-state index in [-0.39, 0.29) is 23.7 Å². The standard InChI is InChI=1S/C15H14O4/c1-2-19-15(18)14-11(7-5-9-13(14)17)10-6-3-4-8-12(10)16/h3-9,16-17H,2H2,1H3. The molecule has 0 saturated heterocycles. The van der Waals surface area contributed by atoms with Crippen LogP contribution in [0.25, 0.3) is 11.1 Å². The minimum absolute atomic E-state index is 0.0404. The van der Waals surface area contributed by atoms with E-state index in [2.05, 4.69) is 0 Å². The first kappa shape index (κ1) is 13.0. The van der Waals surface area contributed by atoms with Crippen LogP contribution in [-0.4, -0.2) is 22.8 Å². The normalized spacial score (nSPS) is 10.2. The summed E-state index contributed by atoms with van der Waals surface area (Å²) in [7, 11) is 0. The van der Waals surface area contributed by atoms with Crippen molar-refractivity contribution < 1.29 is 19.7 Å². The summed E-state index contributed by atoms with van der Waals surface area (Å²) in [6.07, 6.45) is 0. The lowest BCUT2D eigenvalue weighted by Crippen LogP contribution is -2.06. The number of hydrogen-bond donors (Lipinski definition) is 2. The van der Waals surface area contributed by atoms with Crippen LogP contribution in [0.15, 0.2) is 42.5 Å². The lowest BCUT2D eigenvalue weighted by molar-refractivity contribution is 0.0524. The first-order valence-electron chi connectivity index (χ1n) is 5.92. The van der Waals surface area contributed by atoms with E-state index >= 15 is 0 Å². The SMILES string of the molecule is CCOC(=O)c1c(O)cccc1-c1ccccc1O. The highest BCUT2D eigenvalue weighted by Gasteiger charge is 2.19. The van der Waals surface area contributed by atoms with Crippen LogP contribution in [0.4, 0.5) is 0 Å². The van der Waals surface area contributed by atoms with Crippen LogP contribution >= 0.6 is 0 Å². The first-order chi connectivity index (χ1) is 9.15. The smallest absolute Gasteiger partial charge is 0.342 e. The number of phenols is 2. The van der Waals surface area contributed by atoms with E-state index in [4.69, 9.17) is 4.74 Å². The van der Waals surface area contributed by atoms with Crippen LogP contribution in [0.3, 0.4) is 0 Å². The van der Waals surface area contributed by atoms with Crippen LogP contribution in [0.2, 0.25) is 0 Å². The Bertz CT molecular complexity index is 605. The summed E-state index contributed by atoms with van der Waals surface area (Å²) in [6, 6.07) is 11.3. The molecule has 0 unspecified atom stereocenters. The Morgan fingerprint density at radius 1 is 1.00 bits per heavy atom. The van der Waals surface area contributed by atoms with Gasteiger partial charge >= 0.3 is 5.97 Å². The second-order valence-electron chi connectivity index (χ2n) is 3.94. The number of benzene rings is 2. The van der Waals surface area contributed by atoms with Crippen molar-refractivity contribution in [1.82, 2.24) is 0 Å². The molecule has 0 atom stereocenters. The third kappa shape index (κ3) is 2.52. The number of carbonyl (C=O) groups excluding carboxylic acids is 1. The van der Waals surface area contributed by atoms with Gasteiger partial charge in [0.2, 0.25) is 0 Å². The van der Waals surface area contributed by atoms with Crippen LogP contribution in [0.1, 0.15) is 17.3 Å². The summed E-state index contributed by atoms with van der Waals surface area (Å²) >= 11 is 0. The highest BCUT2D eigenvalue weighted by atomic mass is 16.5. The van der Waals surface area contributed by atoms with Crippen molar-refractivity contribution >= 4 is 5.97 Å². The minimum atomic E-state index is -0.612. The summed E-state index contributed by atoms with van der Waals surface area (Å²) in [5, 5.41) is 19.7. The maximum absolute atomic E-state index is 11.9. The number of para-hydroxylation sites is 1. The second kappa shape index (κ2) is 5.44. The molecule has 0 aliphatic rings. The number of hydrogen-bond acceptors (Lipinski definition) is 4. The fraction of sp³-hybridized carbons (Fsp3) is 0.133. The average molecular weight is 258 g/mol. The third-order valence-corrected chi connectivity index (χ3v) is 2.72. The van der Waals surface area contributed by atoms with Gasteiger partial charge in [0.25, 0.3) is 0 Å². The molecule has 0 heterocycles. The molecule has 2 aromatic carbocycles. The highest BCUT2D eigenvalue weighted by Crippen LogP contribution is 2.35. The number of aromatic hydroxyl groups is 2. The van der Waals surface area contributed by atoms with E-state index in [1.165, 1.54) is 12.1 Å². The number of ether oxygens (including phenoxy) is 1. The molecule has 2 rings (SSSR count). The van der Waals surface area contributed by atoms with E-state index < -0.39 is 5.97 Å². The molecule has 0 amide bonds. The maximum Gasteiger partial charge on any atom is 0.342 e. The molecule has 2 N–H and O–H groups in total. The van der Waals surface area contributed by atoms with E-state index in [0.717, 1.165) is 0 Å². The maximum atomic E-state index is 11.9. The summed E-state index contributed by atoms with van der Waals surface area (Å²) in [4.78, 5) is 11.9. The Labute approximate surface area is 110 Å². The molecule has 0 saturated carbocycles. The van der Waals surface area contributed by atoms with Gasteiger partial charge in [-0.3, -0.25) is 0 Å². The van der Waals surface area contributed by atoms with Crippen molar-refractivity contribution in [2.75, 3.05) is 6.61 Å². The lowest BCUT2D eigenvalue weighted by Gasteiger charge is -2.11. The molecule has 0 fully saturated rings. The summed E-state index contributed by atoms with van der Waals surface area (Å²) in [6.45, 7) is 1.91. The number of esters is 1. The second-order valence-corrected chi connectivity index (χ2v) is 3.94. The predicted octanol–water partition coefficient (Wildman–Crippen LogP) is 2.94. The van der Waals surface area contributed by atoms with E-state index in [9.17, 15) is 15.0 Å². The molecular formula is C15H14O4. The van der Waals surface area contributed by atoms with Gasteiger partial charge in [-0.1, -0.05) is 30.3 Å². The average Bonchev–Trinajstić information content (AvgIpc) is 2.39. The zero-order chi connectivity index (χ0) is 13.8. The predicted molar refractivity (Wildman–Crippen MR) is 71.2 cm³/mol. The van der Waals surface area contributed by atoms with E-state index in [1.54, 1.807) is 37.3 Å². The molecule has 0 aliphatic carbocycles. The van der Waals surface area contributed by atoms with Gasteiger partial charge < -0.3 is 14.9 Å². The van der Waals surface area contributed by atoms with Crippen LogP contribution in [0.5, 0.6) is 11.5 Å². The summed E-state index contributed by atoms with van der Waals surface area (Å²) in [5.74, 6) is -0.739. The van der Waals surface area contributed by atoms with Gasteiger partial charge in [0.15, 0.2) is 0 Å². The molecule has 0 bridgehead atoms. The number of phenolic OH excluding ortho intramolecular Hbond substituents is 2. The van der Waals surface area contributed by atoms with Crippen molar-refractivity contribution in [2.24, 2.45) is 0 Å². The van der Waals surface area contributed by atoms with Crippen LogP contribution in [-0.2, 0) is 4.74 Å². The highest BCUT2D eigenvalue weighted by molar-refractivity contribution is 6.00. The van der Waals surface area contributed by atoms with Gasteiger partial charge in [0.05, 0.1) is 6.61 Å². The van der Waals surface area contributed by atoms with Gasteiger partial charge in [-0.2, -0.15) is 0 Å². The van der Waals surface area contributed by atoms with Gasteiger partial charge in [0, 0.05) is 11.1 Å². The van der Waals surface area contributed by atoms with E-state index in [0.29, 0.717) is 11.1 Å². The van der Waals surface area contributed by atoms with Crippen molar-refractivity contribution in [2.45, 2.75) is 6.92 Å². The zero-order valence-electron chi connectivity index (χ0n) is 10.5. The number of carbonyl (C=O) groups is 1. The molecule has 4 heteroatoms. The minimum Gasteiger partial charge on any atom is -0.507 e. The Hall–Kier alpha value is -2.49. The lowest BCUT2D eigenvalue weighted by atomic mass is 9.98. The molecule has 0 aromatic heterocycles.